The number of nitrogens with zero attached hydrogens (tertiary/aromatic N) is 3. The fourth-order valence-electron chi connectivity index (χ4n) is 9.13. The molecule has 0 radical (unpaired) electrons. The molecule has 0 spiro atoms. The summed E-state index contributed by atoms with van der Waals surface area (Å²) in [4.78, 5) is 15.1. The molecule has 1 aliphatic carbocycles. The lowest BCUT2D eigenvalue weighted by atomic mass is 9.67. The molecule has 286 valence electrons. The van der Waals surface area contributed by atoms with Crippen LogP contribution >= 0.6 is 0 Å². The number of rotatable bonds is 8. The van der Waals surface area contributed by atoms with E-state index in [2.05, 4.69) is 200 Å². The van der Waals surface area contributed by atoms with Gasteiger partial charge in [-0.2, -0.15) is 0 Å². The molecule has 0 unspecified atom stereocenters. The molecule has 3 heteroatoms. The van der Waals surface area contributed by atoms with E-state index in [0.717, 1.165) is 44.5 Å². The van der Waals surface area contributed by atoms with Gasteiger partial charge in [-0.1, -0.05) is 224 Å². The summed E-state index contributed by atoms with van der Waals surface area (Å²) in [6, 6.07) is 84.3. The summed E-state index contributed by atoms with van der Waals surface area (Å²) in [5, 5.41) is 0. The Morgan fingerprint density at radius 2 is 0.557 bits per heavy atom. The third-order valence-corrected chi connectivity index (χ3v) is 12.0. The Hall–Kier alpha value is -8.01. The molecule has 0 saturated heterocycles. The zero-order chi connectivity index (χ0) is 40.6. The molecule has 3 nitrogen and oxygen atoms in total. The van der Waals surface area contributed by atoms with Crippen LogP contribution in [0.2, 0.25) is 0 Å². The van der Waals surface area contributed by atoms with Crippen molar-refractivity contribution in [3.8, 4) is 78.7 Å². The topological polar surface area (TPSA) is 38.7 Å². The van der Waals surface area contributed by atoms with E-state index in [1.807, 2.05) is 36.4 Å². The number of hydrogen-bond donors (Lipinski definition) is 0. The molecule has 0 fully saturated rings. The molecule has 1 aliphatic rings. The van der Waals surface area contributed by atoms with E-state index >= 15 is 0 Å². The molecule has 0 atom stereocenters. The van der Waals surface area contributed by atoms with Crippen LogP contribution in [-0.2, 0) is 5.41 Å². The average molecular weight is 778 g/mol. The van der Waals surface area contributed by atoms with E-state index in [-0.39, 0.29) is 0 Å². The predicted octanol–water partition coefficient (Wildman–Crippen LogP) is 14.2. The van der Waals surface area contributed by atoms with Gasteiger partial charge in [-0.05, 0) is 78.9 Å². The van der Waals surface area contributed by atoms with Gasteiger partial charge >= 0.3 is 0 Å². The van der Waals surface area contributed by atoms with Gasteiger partial charge in [0.05, 0.1) is 5.41 Å². The molecule has 0 N–H and O–H groups in total. The van der Waals surface area contributed by atoms with E-state index < -0.39 is 5.41 Å². The maximum Gasteiger partial charge on any atom is 0.164 e. The van der Waals surface area contributed by atoms with Gasteiger partial charge < -0.3 is 0 Å². The number of hydrogen-bond acceptors (Lipinski definition) is 3. The van der Waals surface area contributed by atoms with Gasteiger partial charge in [-0.25, -0.2) is 15.0 Å². The predicted molar refractivity (Wildman–Crippen MR) is 250 cm³/mol. The van der Waals surface area contributed by atoms with Gasteiger partial charge in [-0.3, -0.25) is 0 Å². The number of benzene rings is 9. The van der Waals surface area contributed by atoms with Crippen molar-refractivity contribution in [3.05, 3.63) is 259 Å². The van der Waals surface area contributed by atoms with Crippen LogP contribution in [0.3, 0.4) is 0 Å². The lowest BCUT2D eigenvalue weighted by Gasteiger charge is -2.34. The molecule has 9 aromatic carbocycles. The highest BCUT2D eigenvalue weighted by Crippen LogP contribution is 2.56. The van der Waals surface area contributed by atoms with Gasteiger partial charge in [0, 0.05) is 16.7 Å². The van der Waals surface area contributed by atoms with Crippen LogP contribution in [0.25, 0.3) is 78.7 Å². The van der Waals surface area contributed by atoms with Crippen molar-refractivity contribution in [2.75, 3.05) is 0 Å². The SMILES string of the molecule is c1ccc(-c2ccc(-c3nc(-c4ccccc4)nc(-c4cccc(-c5cccc(-c6ccc(C7(c8ccccc8)c8ccccc8-c8ccccc87)cc6)c5)c4)n3)cc2)cc1. The third kappa shape index (κ3) is 6.44. The molecule has 10 aromatic rings. The van der Waals surface area contributed by atoms with E-state index in [9.17, 15) is 0 Å². The average Bonchev–Trinajstić information content (AvgIpc) is 3.66. The van der Waals surface area contributed by atoms with E-state index in [1.54, 1.807) is 0 Å². The lowest BCUT2D eigenvalue weighted by molar-refractivity contribution is 0.768. The first-order chi connectivity index (χ1) is 30.2. The van der Waals surface area contributed by atoms with Crippen molar-refractivity contribution in [1.82, 2.24) is 15.0 Å². The fourth-order valence-corrected chi connectivity index (χ4v) is 9.13. The van der Waals surface area contributed by atoms with Crippen LogP contribution in [0.15, 0.2) is 237 Å². The summed E-state index contributed by atoms with van der Waals surface area (Å²) in [6.07, 6.45) is 0. The maximum absolute atomic E-state index is 5.08. The van der Waals surface area contributed by atoms with E-state index in [0.29, 0.717) is 17.5 Å². The van der Waals surface area contributed by atoms with Gasteiger partial charge in [0.1, 0.15) is 0 Å². The number of fused-ring (bicyclic) bond motifs is 3. The number of aromatic nitrogens is 3. The first-order valence-electron chi connectivity index (χ1n) is 20.8. The molecule has 0 saturated carbocycles. The van der Waals surface area contributed by atoms with Crippen molar-refractivity contribution >= 4 is 0 Å². The van der Waals surface area contributed by atoms with Crippen LogP contribution in [0.4, 0.5) is 0 Å². The lowest BCUT2D eigenvalue weighted by Crippen LogP contribution is -2.28. The molecular formula is C58H39N3. The molecular weight excluding hydrogens is 739 g/mol. The second-order valence-electron chi connectivity index (χ2n) is 15.6. The molecule has 61 heavy (non-hydrogen) atoms. The highest BCUT2D eigenvalue weighted by molar-refractivity contribution is 5.86. The van der Waals surface area contributed by atoms with E-state index in [1.165, 1.54) is 38.9 Å². The van der Waals surface area contributed by atoms with Crippen LogP contribution in [0.1, 0.15) is 22.3 Å². The normalized spacial score (nSPS) is 12.4. The largest absolute Gasteiger partial charge is 0.208 e. The van der Waals surface area contributed by atoms with Crippen LogP contribution < -0.4 is 0 Å². The minimum atomic E-state index is -0.420. The Labute approximate surface area is 356 Å². The zero-order valence-electron chi connectivity index (χ0n) is 33.4. The minimum Gasteiger partial charge on any atom is -0.208 e. The smallest absolute Gasteiger partial charge is 0.164 e. The summed E-state index contributed by atoms with van der Waals surface area (Å²) in [6.45, 7) is 0. The van der Waals surface area contributed by atoms with Gasteiger partial charge in [-0.15, -0.1) is 0 Å². The van der Waals surface area contributed by atoms with Gasteiger partial charge in [0.2, 0.25) is 0 Å². The molecule has 0 aliphatic heterocycles. The molecule has 0 bridgehead atoms. The third-order valence-electron chi connectivity index (χ3n) is 12.0. The second kappa shape index (κ2) is 15.3. The van der Waals surface area contributed by atoms with Crippen molar-refractivity contribution in [2.45, 2.75) is 5.41 Å². The van der Waals surface area contributed by atoms with E-state index in [4.69, 9.17) is 15.0 Å². The molecule has 1 heterocycles. The van der Waals surface area contributed by atoms with Crippen molar-refractivity contribution in [1.29, 1.82) is 0 Å². The van der Waals surface area contributed by atoms with Gasteiger partial charge in [0.15, 0.2) is 17.5 Å². The summed E-state index contributed by atoms with van der Waals surface area (Å²) >= 11 is 0. The minimum absolute atomic E-state index is 0.420. The second-order valence-corrected chi connectivity index (χ2v) is 15.6. The zero-order valence-corrected chi connectivity index (χ0v) is 33.4. The quantitative estimate of drug-likeness (QED) is 0.154. The van der Waals surface area contributed by atoms with Crippen LogP contribution in [0.5, 0.6) is 0 Å². The fraction of sp³-hybridized carbons (Fsp3) is 0.0172. The first kappa shape index (κ1) is 36.1. The van der Waals surface area contributed by atoms with Crippen molar-refractivity contribution < 1.29 is 0 Å². The summed E-state index contributed by atoms with van der Waals surface area (Å²) in [5.74, 6) is 1.91. The Morgan fingerprint density at radius 1 is 0.230 bits per heavy atom. The first-order valence-corrected chi connectivity index (χ1v) is 20.8. The van der Waals surface area contributed by atoms with Crippen LogP contribution in [-0.4, -0.2) is 15.0 Å². The Kier molecular flexibility index (Phi) is 9.05. The van der Waals surface area contributed by atoms with Crippen molar-refractivity contribution in [2.24, 2.45) is 0 Å². The molecule has 0 amide bonds. The Morgan fingerprint density at radius 3 is 1.13 bits per heavy atom. The summed E-state index contributed by atoms with van der Waals surface area (Å²) in [7, 11) is 0. The van der Waals surface area contributed by atoms with Gasteiger partial charge in [0.25, 0.3) is 0 Å². The Bertz CT molecular complexity index is 3110. The highest BCUT2D eigenvalue weighted by atomic mass is 15.0. The highest BCUT2D eigenvalue weighted by Gasteiger charge is 2.45. The standard InChI is InChI=1S/C58H39N3/c1-4-16-40(17-5-1)41-30-32-44(33-31-41)56-59-55(43-18-6-2-7-19-43)60-57(61-56)48-23-15-22-47(39-48)46-21-14-20-45(38-46)42-34-36-50(37-35-42)58(49-24-8-3-9-25-49)53-28-12-10-26-51(53)52-27-11-13-29-54(52)58/h1-39H. The summed E-state index contributed by atoms with van der Waals surface area (Å²) in [5.41, 5.74) is 17.0. The maximum atomic E-state index is 5.08. The molecule has 1 aromatic heterocycles. The molecule has 11 rings (SSSR count). The Balaban J connectivity index is 0.949. The summed E-state index contributed by atoms with van der Waals surface area (Å²) < 4.78 is 0. The van der Waals surface area contributed by atoms with Crippen LogP contribution in [0, 0.1) is 0 Å². The monoisotopic (exact) mass is 777 g/mol. The van der Waals surface area contributed by atoms with Crippen molar-refractivity contribution in [3.63, 3.8) is 0 Å².